The second-order valence-electron chi connectivity index (χ2n) is 9.19. The fraction of sp³-hybridized carbons (Fsp3) is 0.522. The summed E-state index contributed by atoms with van der Waals surface area (Å²) in [4.78, 5) is 14.8. The highest BCUT2D eigenvalue weighted by molar-refractivity contribution is 7.89. The Hall–Kier alpha value is -2.07. The monoisotopic (exact) mass is 493 g/mol. The van der Waals surface area contributed by atoms with Gasteiger partial charge in [-0.1, -0.05) is 11.6 Å². The molecule has 0 spiro atoms. The highest BCUT2D eigenvalue weighted by Crippen LogP contribution is 2.44. The zero-order chi connectivity index (χ0) is 23.3. The predicted molar refractivity (Wildman–Crippen MR) is 124 cm³/mol. The quantitative estimate of drug-likeness (QED) is 0.589. The van der Waals surface area contributed by atoms with Gasteiger partial charge in [0.15, 0.2) is 0 Å². The predicted octanol–water partition coefficient (Wildman–Crippen LogP) is 3.30. The smallest absolute Gasteiger partial charge is 0.333 e. The lowest BCUT2D eigenvalue weighted by Crippen LogP contribution is -2.34. The molecule has 1 aliphatic heterocycles. The number of rotatable bonds is 5. The third-order valence-corrected chi connectivity index (χ3v) is 8.58. The number of urea groups is 1. The molecule has 3 N–H and O–H groups in total. The molecule has 2 aromatic rings. The second kappa shape index (κ2) is 8.61. The summed E-state index contributed by atoms with van der Waals surface area (Å²) >= 11 is 6.63. The summed E-state index contributed by atoms with van der Waals surface area (Å²) in [6.45, 7) is 3.46. The van der Waals surface area contributed by atoms with E-state index in [1.165, 1.54) is 6.07 Å². The molecule has 2 heterocycles. The van der Waals surface area contributed by atoms with Gasteiger partial charge in [0.1, 0.15) is 5.76 Å². The number of hydrogen-bond donors (Lipinski definition) is 3. The van der Waals surface area contributed by atoms with Crippen LogP contribution in [0.2, 0.25) is 5.02 Å². The molecular formula is C23H28ClN3O5S. The lowest BCUT2D eigenvalue weighted by Gasteiger charge is -2.18. The Morgan fingerprint density at radius 1 is 1.18 bits per heavy atom. The summed E-state index contributed by atoms with van der Waals surface area (Å²) in [6, 6.07) is 0.645. The van der Waals surface area contributed by atoms with Crippen LogP contribution in [0.4, 0.5) is 10.5 Å². The molecule has 178 valence electrons. The Morgan fingerprint density at radius 3 is 2.42 bits per heavy atom. The van der Waals surface area contributed by atoms with E-state index in [9.17, 15) is 18.3 Å². The first kappa shape index (κ1) is 22.7. The number of halogens is 1. The first-order valence-corrected chi connectivity index (χ1v) is 13.3. The summed E-state index contributed by atoms with van der Waals surface area (Å²) in [5.41, 5.74) is 5.64. The van der Waals surface area contributed by atoms with Crippen molar-refractivity contribution < 1.29 is 22.7 Å². The molecule has 1 saturated heterocycles. The molecule has 1 unspecified atom stereocenters. The molecule has 0 bridgehead atoms. The molecule has 0 radical (unpaired) electrons. The molecule has 8 nitrogen and oxygen atoms in total. The Bertz CT molecular complexity index is 1190. The number of hydrogen-bond acceptors (Lipinski definition) is 6. The molecule has 0 saturated carbocycles. The van der Waals surface area contributed by atoms with Crippen LogP contribution in [0.25, 0.3) is 0 Å². The Balaban J connectivity index is 1.33. The number of carbonyl (C=O) groups is 1. The number of carbonyl (C=O) groups excluding carboxylic acids is 1. The van der Waals surface area contributed by atoms with Crippen molar-refractivity contribution in [2.75, 3.05) is 18.4 Å². The Labute approximate surface area is 198 Å². The van der Waals surface area contributed by atoms with Crippen molar-refractivity contribution in [3.63, 3.8) is 0 Å². The highest BCUT2D eigenvalue weighted by atomic mass is 35.5. The largest absolute Gasteiger partial charge is 0.448 e. The number of aliphatic hydroxyl groups is 1. The number of aliphatic hydroxyl groups excluding tert-OH is 1. The number of amides is 2. The van der Waals surface area contributed by atoms with Crippen LogP contribution in [0.5, 0.6) is 0 Å². The molecular weight excluding hydrogens is 466 g/mol. The molecule has 1 atom stereocenters. The molecule has 1 aromatic heterocycles. The van der Waals surface area contributed by atoms with Crippen LogP contribution in [0.15, 0.2) is 15.6 Å². The Morgan fingerprint density at radius 2 is 1.82 bits per heavy atom. The Kier molecular flexibility index (Phi) is 5.93. The van der Waals surface area contributed by atoms with Crippen molar-refractivity contribution in [3.8, 4) is 0 Å². The first-order chi connectivity index (χ1) is 15.7. The van der Waals surface area contributed by atoms with E-state index in [-0.39, 0.29) is 11.2 Å². The maximum absolute atomic E-state index is 12.9. The van der Waals surface area contributed by atoms with E-state index in [0.29, 0.717) is 25.3 Å². The van der Waals surface area contributed by atoms with Gasteiger partial charge in [0.2, 0.25) is 5.09 Å². The summed E-state index contributed by atoms with van der Waals surface area (Å²) < 4.78 is 33.3. The van der Waals surface area contributed by atoms with Gasteiger partial charge in [-0.25, -0.2) is 9.52 Å². The van der Waals surface area contributed by atoms with Gasteiger partial charge >= 0.3 is 6.03 Å². The lowest BCUT2D eigenvalue weighted by molar-refractivity contribution is 0.174. The van der Waals surface area contributed by atoms with E-state index < -0.39 is 16.1 Å². The molecule has 33 heavy (non-hydrogen) atoms. The van der Waals surface area contributed by atoms with Crippen molar-refractivity contribution in [2.45, 2.75) is 69.6 Å². The van der Waals surface area contributed by atoms with Crippen molar-refractivity contribution in [2.24, 2.45) is 0 Å². The average molecular weight is 494 g/mol. The number of anilines is 1. The lowest BCUT2D eigenvalue weighted by atomic mass is 9.98. The van der Waals surface area contributed by atoms with Gasteiger partial charge < -0.3 is 14.8 Å². The number of nitrogens with zero attached hydrogens (tertiary/aromatic N) is 1. The fourth-order valence-corrected chi connectivity index (χ4v) is 6.67. The van der Waals surface area contributed by atoms with Crippen LogP contribution in [0.3, 0.4) is 0 Å². The number of likely N-dealkylation sites (tertiary alicyclic amines) is 1. The van der Waals surface area contributed by atoms with Gasteiger partial charge in [0, 0.05) is 42.0 Å². The minimum absolute atomic E-state index is 0.295. The topological polar surface area (TPSA) is 112 Å². The van der Waals surface area contributed by atoms with Crippen molar-refractivity contribution in [1.82, 2.24) is 9.62 Å². The van der Waals surface area contributed by atoms with Crippen LogP contribution < -0.4 is 10.0 Å². The van der Waals surface area contributed by atoms with Gasteiger partial charge in [0.25, 0.3) is 10.0 Å². The average Bonchev–Trinajstić information content (AvgIpc) is 3.53. The second-order valence-corrected chi connectivity index (χ2v) is 11.2. The molecule has 5 rings (SSSR count). The van der Waals surface area contributed by atoms with Gasteiger partial charge in [-0.15, -0.1) is 0 Å². The van der Waals surface area contributed by atoms with Crippen LogP contribution in [-0.2, 0) is 42.3 Å². The minimum Gasteiger partial charge on any atom is -0.448 e. The molecule has 1 aromatic carbocycles. The van der Waals surface area contributed by atoms with Gasteiger partial charge in [0.05, 0.1) is 6.10 Å². The maximum Gasteiger partial charge on any atom is 0.333 e. The van der Waals surface area contributed by atoms with Crippen LogP contribution >= 0.6 is 11.6 Å². The number of fused-ring (bicyclic) bond motifs is 2. The van der Waals surface area contributed by atoms with E-state index in [4.69, 9.17) is 16.0 Å². The zero-order valence-electron chi connectivity index (χ0n) is 18.5. The van der Waals surface area contributed by atoms with E-state index in [2.05, 4.69) is 10.0 Å². The van der Waals surface area contributed by atoms with Crippen molar-refractivity contribution in [3.05, 3.63) is 44.7 Å². The SMILES string of the molecule is Cc1oc(S(=O)(=O)NC(=O)Nc2c3c(c(Cl)c4c2CCC4)CCC3)cc1CN1CCC(O)C1. The summed E-state index contributed by atoms with van der Waals surface area (Å²) in [5, 5.41) is 13.0. The maximum atomic E-state index is 12.9. The molecule has 2 amide bonds. The van der Waals surface area contributed by atoms with Crippen molar-refractivity contribution >= 4 is 33.3 Å². The minimum atomic E-state index is -4.18. The van der Waals surface area contributed by atoms with E-state index >= 15 is 0 Å². The van der Waals surface area contributed by atoms with Gasteiger partial charge in [-0.05, 0) is 74.1 Å². The fourth-order valence-electron chi connectivity index (χ4n) is 5.33. The van der Waals surface area contributed by atoms with E-state index in [1.54, 1.807) is 6.92 Å². The van der Waals surface area contributed by atoms with E-state index in [1.807, 2.05) is 4.90 Å². The number of aryl methyl sites for hydroxylation is 1. The van der Waals surface area contributed by atoms with Crippen LogP contribution in [0.1, 0.15) is 52.8 Å². The van der Waals surface area contributed by atoms with E-state index in [0.717, 1.165) is 83.6 Å². The van der Waals surface area contributed by atoms with Crippen LogP contribution in [-0.4, -0.2) is 43.6 Å². The summed E-state index contributed by atoms with van der Waals surface area (Å²) in [6.07, 6.45) is 5.65. The molecule has 1 fully saturated rings. The third-order valence-electron chi connectivity index (χ3n) is 6.94. The normalized spacial score (nSPS) is 20.2. The van der Waals surface area contributed by atoms with Crippen LogP contribution in [0, 0.1) is 6.92 Å². The number of furan rings is 1. The third kappa shape index (κ3) is 4.27. The van der Waals surface area contributed by atoms with Crippen molar-refractivity contribution in [1.29, 1.82) is 0 Å². The number of benzene rings is 1. The number of sulfonamides is 1. The summed E-state index contributed by atoms with van der Waals surface area (Å²) in [5.74, 6) is 0.477. The summed E-state index contributed by atoms with van der Waals surface area (Å²) in [7, 11) is -4.18. The standard InChI is InChI=1S/C23H28ClN3O5S/c1-13-14(11-27-9-8-15(28)12-27)10-20(32-13)33(30,31)26-23(29)25-22-18-6-2-4-16(18)21(24)17-5-3-7-19(17)22/h10,15,28H,2-9,11-12H2,1H3,(H2,25,26,29). The number of β-amino-alcohol motifs (C(OH)–C–C–N with tert-alkyl or cyclic N) is 1. The molecule has 3 aliphatic rings. The zero-order valence-corrected chi connectivity index (χ0v) is 20.1. The molecule has 2 aliphatic carbocycles. The number of nitrogens with one attached hydrogen (secondary N) is 2. The first-order valence-electron chi connectivity index (χ1n) is 11.4. The molecule has 10 heteroatoms. The van der Waals surface area contributed by atoms with Gasteiger partial charge in [-0.2, -0.15) is 8.42 Å². The van der Waals surface area contributed by atoms with Gasteiger partial charge in [-0.3, -0.25) is 4.90 Å². The highest BCUT2D eigenvalue weighted by Gasteiger charge is 2.30.